The Morgan fingerprint density at radius 2 is 1.81 bits per heavy atom. The van der Waals surface area contributed by atoms with E-state index >= 15 is 0 Å². The Hall–Kier alpha value is -2.83. The molecule has 6 nitrogen and oxygen atoms in total. The Balaban J connectivity index is 1.56. The van der Waals surface area contributed by atoms with Crippen LogP contribution in [0.3, 0.4) is 0 Å². The van der Waals surface area contributed by atoms with E-state index in [1.807, 2.05) is 42.5 Å². The highest BCUT2D eigenvalue weighted by Gasteiger charge is 2.24. The first-order valence-electron chi connectivity index (χ1n) is 10.6. The number of hydrogen-bond acceptors (Lipinski definition) is 5. The van der Waals surface area contributed by atoms with Crippen LogP contribution in [0.15, 0.2) is 42.5 Å². The molecule has 6 heteroatoms. The summed E-state index contributed by atoms with van der Waals surface area (Å²) < 4.78 is 13.2. The van der Waals surface area contributed by atoms with Gasteiger partial charge in [0.2, 0.25) is 0 Å². The number of imidazole rings is 1. The van der Waals surface area contributed by atoms with Crippen molar-refractivity contribution in [2.24, 2.45) is 7.05 Å². The van der Waals surface area contributed by atoms with E-state index in [2.05, 4.69) is 16.5 Å². The zero-order valence-corrected chi connectivity index (χ0v) is 19.0. The molecule has 2 aromatic carbocycles. The average Bonchev–Trinajstić information content (AvgIpc) is 3.09. The van der Waals surface area contributed by atoms with E-state index in [4.69, 9.17) is 14.5 Å². The summed E-state index contributed by atoms with van der Waals surface area (Å²) in [4.78, 5) is 7.36. The summed E-state index contributed by atoms with van der Waals surface area (Å²) in [5.41, 5.74) is 4.64. The highest BCUT2D eigenvalue weighted by atomic mass is 16.5. The summed E-state index contributed by atoms with van der Waals surface area (Å²) in [5, 5.41) is 10.2. The topological polar surface area (TPSA) is 59.8 Å². The number of aliphatic hydroxyl groups is 1. The van der Waals surface area contributed by atoms with E-state index < -0.39 is 5.60 Å². The summed E-state index contributed by atoms with van der Waals surface area (Å²) in [5.74, 6) is 2.68. The first kappa shape index (κ1) is 21.4. The van der Waals surface area contributed by atoms with Crippen LogP contribution in [0.1, 0.15) is 36.4 Å². The number of fused-ring (bicyclic) bond motifs is 1. The second kappa shape index (κ2) is 8.36. The van der Waals surface area contributed by atoms with Crippen molar-refractivity contribution in [3.05, 3.63) is 65.0 Å². The molecule has 0 radical (unpaired) electrons. The van der Waals surface area contributed by atoms with Crippen molar-refractivity contribution in [3.8, 4) is 22.9 Å². The van der Waals surface area contributed by atoms with Crippen LogP contribution in [-0.2, 0) is 32.2 Å². The molecule has 0 saturated carbocycles. The monoisotopic (exact) mass is 421 g/mol. The molecule has 31 heavy (non-hydrogen) atoms. The number of nitrogens with zero attached hydrogens (tertiary/aromatic N) is 3. The lowest BCUT2D eigenvalue weighted by Gasteiger charge is -2.27. The highest BCUT2D eigenvalue weighted by Crippen LogP contribution is 2.30. The van der Waals surface area contributed by atoms with Gasteiger partial charge in [0.25, 0.3) is 0 Å². The Kier molecular flexibility index (Phi) is 5.77. The molecular formula is C25H31N3O3. The maximum atomic E-state index is 10.2. The van der Waals surface area contributed by atoms with Gasteiger partial charge in [-0.3, -0.25) is 4.90 Å². The molecule has 1 aromatic heterocycles. The van der Waals surface area contributed by atoms with Crippen LogP contribution < -0.4 is 9.47 Å². The zero-order chi connectivity index (χ0) is 22.2. The quantitative estimate of drug-likeness (QED) is 0.654. The Morgan fingerprint density at radius 3 is 2.45 bits per heavy atom. The van der Waals surface area contributed by atoms with Gasteiger partial charge in [-0.1, -0.05) is 24.3 Å². The standard InChI is InChI=1S/C25H31N3O3/c1-25(2,29)19-8-6-17(7-9-19)24-26-21-12-13-28(16-22(21)27(24)3)15-18-14-20(30-4)10-11-23(18)31-5/h6-11,14,29H,12-13,15-16H2,1-5H3. The third kappa shape index (κ3) is 4.31. The van der Waals surface area contributed by atoms with E-state index in [9.17, 15) is 5.11 Å². The summed E-state index contributed by atoms with van der Waals surface area (Å²) in [6, 6.07) is 14.0. The SMILES string of the molecule is COc1ccc(OC)c(CN2CCc3nc(-c4ccc(C(C)(C)O)cc4)n(C)c3C2)c1. The molecule has 0 atom stereocenters. The summed E-state index contributed by atoms with van der Waals surface area (Å²) in [6.45, 7) is 6.17. The number of aromatic nitrogens is 2. The van der Waals surface area contributed by atoms with Crippen molar-refractivity contribution in [1.82, 2.24) is 14.5 Å². The highest BCUT2D eigenvalue weighted by molar-refractivity contribution is 5.58. The third-order valence-electron chi connectivity index (χ3n) is 6.07. The second-order valence-electron chi connectivity index (χ2n) is 8.66. The molecule has 0 unspecified atom stereocenters. The maximum Gasteiger partial charge on any atom is 0.140 e. The number of ether oxygens (including phenoxy) is 2. The lowest BCUT2D eigenvalue weighted by molar-refractivity contribution is 0.0786. The smallest absolute Gasteiger partial charge is 0.140 e. The van der Waals surface area contributed by atoms with Crippen LogP contribution in [0.4, 0.5) is 0 Å². The molecule has 1 aliphatic heterocycles. The van der Waals surface area contributed by atoms with Crippen molar-refractivity contribution < 1.29 is 14.6 Å². The van der Waals surface area contributed by atoms with E-state index in [1.54, 1.807) is 28.1 Å². The van der Waals surface area contributed by atoms with Crippen LogP contribution in [0.2, 0.25) is 0 Å². The van der Waals surface area contributed by atoms with Gasteiger partial charge < -0.3 is 19.1 Å². The lowest BCUT2D eigenvalue weighted by atomic mass is 9.97. The third-order valence-corrected chi connectivity index (χ3v) is 6.07. The molecular weight excluding hydrogens is 390 g/mol. The van der Waals surface area contributed by atoms with Gasteiger partial charge in [0.15, 0.2) is 0 Å². The Bertz CT molecular complexity index is 1060. The fourth-order valence-electron chi connectivity index (χ4n) is 4.21. The van der Waals surface area contributed by atoms with Crippen LogP contribution in [0, 0.1) is 0 Å². The van der Waals surface area contributed by atoms with E-state index in [0.29, 0.717) is 0 Å². The minimum atomic E-state index is -0.846. The molecule has 0 fully saturated rings. The second-order valence-corrected chi connectivity index (χ2v) is 8.66. The molecule has 1 N–H and O–H groups in total. The van der Waals surface area contributed by atoms with Gasteiger partial charge in [-0.25, -0.2) is 4.98 Å². The number of rotatable bonds is 6. The van der Waals surface area contributed by atoms with E-state index in [-0.39, 0.29) is 0 Å². The first-order chi connectivity index (χ1) is 14.8. The minimum Gasteiger partial charge on any atom is -0.497 e. The number of methoxy groups -OCH3 is 2. The zero-order valence-electron chi connectivity index (χ0n) is 19.0. The van der Waals surface area contributed by atoms with Gasteiger partial charge >= 0.3 is 0 Å². The molecule has 0 saturated heterocycles. The predicted octanol–water partition coefficient (Wildman–Crippen LogP) is 3.89. The van der Waals surface area contributed by atoms with Crippen LogP contribution in [0.25, 0.3) is 11.4 Å². The van der Waals surface area contributed by atoms with Gasteiger partial charge in [0.1, 0.15) is 17.3 Å². The maximum absolute atomic E-state index is 10.2. The number of hydrogen-bond donors (Lipinski definition) is 1. The molecule has 4 rings (SSSR count). The largest absolute Gasteiger partial charge is 0.497 e. The lowest BCUT2D eigenvalue weighted by Crippen LogP contribution is -2.31. The van der Waals surface area contributed by atoms with Crippen molar-refractivity contribution in [3.63, 3.8) is 0 Å². The normalized spacial score (nSPS) is 14.4. The van der Waals surface area contributed by atoms with Gasteiger partial charge in [-0.05, 0) is 37.6 Å². The molecule has 1 aliphatic rings. The van der Waals surface area contributed by atoms with Gasteiger partial charge in [-0.2, -0.15) is 0 Å². The molecule has 0 aliphatic carbocycles. The first-order valence-corrected chi connectivity index (χ1v) is 10.6. The molecule has 2 heterocycles. The molecule has 164 valence electrons. The Morgan fingerprint density at radius 1 is 1.06 bits per heavy atom. The van der Waals surface area contributed by atoms with Crippen LogP contribution in [-0.4, -0.2) is 40.3 Å². The van der Waals surface area contributed by atoms with Crippen molar-refractivity contribution >= 4 is 0 Å². The molecule has 0 bridgehead atoms. The number of benzene rings is 2. The minimum absolute atomic E-state index is 0.792. The van der Waals surface area contributed by atoms with Crippen molar-refractivity contribution in [1.29, 1.82) is 0 Å². The van der Waals surface area contributed by atoms with E-state index in [0.717, 1.165) is 65.8 Å². The van der Waals surface area contributed by atoms with Gasteiger partial charge in [0, 0.05) is 44.2 Å². The predicted molar refractivity (Wildman–Crippen MR) is 121 cm³/mol. The summed E-state index contributed by atoms with van der Waals surface area (Å²) >= 11 is 0. The van der Waals surface area contributed by atoms with Crippen LogP contribution >= 0.6 is 0 Å². The van der Waals surface area contributed by atoms with Gasteiger partial charge in [-0.15, -0.1) is 0 Å². The molecule has 0 amide bonds. The summed E-state index contributed by atoms with van der Waals surface area (Å²) in [7, 11) is 5.47. The summed E-state index contributed by atoms with van der Waals surface area (Å²) in [6.07, 6.45) is 0.914. The fraction of sp³-hybridized carbons (Fsp3) is 0.400. The average molecular weight is 422 g/mol. The molecule has 0 spiro atoms. The van der Waals surface area contributed by atoms with Crippen molar-refractivity contribution in [2.45, 2.75) is 39.0 Å². The molecule has 3 aromatic rings. The van der Waals surface area contributed by atoms with Crippen molar-refractivity contribution in [2.75, 3.05) is 20.8 Å². The van der Waals surface area contributed by atoms with E-state index in [1.165, 1.54) is 5.69 Å². The van der Waals surface area contributed by atoms with Gasteiger partial charge in [0.05, 0.1) is 31.2 Å². The fourth-order valence-corrected chi connectivity index (χ4v) is 4.21. The Labute approximate surface area is 184 Å². The van der Waals surface area contributed by atoms with Crippen LogP contribution in [0.5, 0.6) is 11.5 Å².